The first-order chi connectivity index (χ1) is 17.7. The Hall–Kier alpha value is -1.81. The van der Waals surface area contributed by atoms with Gasteiger partial charge in [0.25, 0.3) is 10.1 Å². The van der Waals surface area contributed by atoms with Crippen molar-refractivity contribution in [2.75, 3.05) is 13.2 Å². The third-order valence-electron chi connectivity index (χ3n) is 10.6. The Morgan fingerprint density at radius 2 is 1.82 bits per heavy atom. The molecule has 0 amide bonds. The van der Waals surface area contributed by atoms with Gasteiger partial charge in [-0.3, -0.25) is 8.98 Å². The molecule has 0 aliphatic heterocycles. The minimum Gasteiger partial charge on any atom is -0.460 e. The maximum absolute atomic E-state index is 13.5. The number of rotatable bonds is 7. The van der Waals surface area contributed by atoms with Gasteiger partial charge in [-0.1, -0.05) is 45.4 Å². The number of Topliss-reactive ketones (excluding diaryl/α,β-unsaturated/α-hetero) is 1. The van der Waals surface area contributed by atoms with Crippen LogP contribution in [0, 0.1) is 40.9 Å². The lowest BCUT2D eigenvalue weighted by Crippen LogP contribution is -2.64. The number of hydrogen-bond acceptors (Lipinski definition) is 8. The van der Waals surface area contributed by atoms with E-state index < -0.39 is 63.0 Å². The summed E-state index contributed by atoms with van der Waals surface area (Å²) in [6, 6.07) is 6.14. The Morgan fingerprint density at radius 1 is 1.16 bits per heavy atom. The smallest absolute Gasteiger partial charge is 0.333 e. The molecule has 0 heterocycles. The van der Waals surface area contributed by atoms with Crippen molar-refractivity contribution in [2.45, 2.75) is 90.2 Å². The zero-order chi connectivity index (χ0) is 28.1. The molecule has 3 aliphatic rings. The Bertz CT molecular complexity index is 1160. The number of esters is 1. The van der Waals surface area contributed by atoms with E-state index in [0.29, 0.717) is 19.3 Å². The summed E-state index contributed by atoms with van der Waals surface area (Å²) in [6.07, 6.45) is 1.72. The summed E-state index contributed by atoms with van der Waals surface area (Å²) in [7, 11) is -4.16. The van der Waals surface area contributed by atoms with Crippen LogP contribution in [0.3, 0.4) is 0 Å². The first-order valence-corrected chi connectivity index (χ1v) is 15.1. The number of carbonyl (C=O) groups excluding carboxylic acids is 2. The number of carbonyl (C=O) groups is 2. The normalized spacial score (nSPS) is 39.2. The topological polar surface area (TPSA) is 127 Å². The Labute approximate surface area is 226 Å². The standard InChI is InChI=1S/C29H42O8S/c1-6-27(4)15-23(37-24(32)17-36-38(34,35)20-9-7-18(2)8-10-20)28(5)19(3)11-13-29(21(16-30)26(27)33)14-12-22(31)25(28)29/h7-10,19,21,23,25-26,30,33H,6,11-17H2,1-5H3/t19-,21-,23-,25?,26+,27+,28+,29+/m1/s1. The molecule has 2 bridgehead atoms. The maximum Gasteiger partial charge on any atom is 0.333 e. The van der Waals surface area contributed by atoms with E-state index in [1.54, 1.807) is 12.1 Å². The number of aryl methyl sites for hydroxylation is 1. The molecule has 1 aromatic carbocycles. The van der Waals surface area contributed by atoms with Crippen molar-refractivity contribution < 1.29 is 37.1 Å². The average Bonchev–Trinajstić information content (AvgIpc) is 3.22. The molecular formula is C29H42O8S. The minimum atomic E-state index is -4.16. The van der Waals surface area contributed by atoms with Crippen LogP contribution in [0.5, 0.6) is 0 Å². The molecule has 4 rings (SSSR count). The number of hydrogen-bond donors (Lipinski definition) is 2. The molecule has 0 spiro atoms. The van der Waals surface area contributed by atoms with E-state index in [0.717, 1.165) is 18.4 Å². The molecule has 212 valence electrons. The molecular weight excluding hydrogens is 508 g/mol. The number of ether oxygens (including phenoxy) is 1. The second-order valence-electron chi connectivity index (χ2n) is 12.4. The van der Waals surface area contributed by atoms with Crippen molar-refractivity contribution in [2.24, 2.45) is 34.0 Å². The van der Waals surface area contributed by atoms with Gasteiger partial charge >= 0.3 is 5.97 Å². The van der Waals surface area contributed by atoms with Gasteiger partial charge in [0.15, 0.2) is 6.61 Å². The zero-order valence-corrected chi connectivity index (χ0v) is 23.9. The number of ketones is 1. The molecule has 38 heavy (non-hydrogen) atoms. The van der Waals surface area contributed by atoms with E-state index in [1.807, 2.05) is 27.7 Å². The molecule has 0 radical (unpaired) electrons. The monoisotopic (exact) mass is 550 g/mol. The molecule has 0 aromatic heterocycles. The fourth-order valence-electron chi connectivity index (χ4n) is 7.83. The molecule has 3 fully saturated rings. The Balaban J connectivity index is 1.67. The van der Waals surface area contributed by atoms with Crippen molar-refractivity contribution in [3.05, 3.63) is 29.8 Å². The average molecular weight is 551 g/mol. The van der Waals surface area contributed by atoms with E-state index in [2.05, 4.69) is 6.92 Å². The second-order valence-corrected chi connectivity index (χ2v) is 14.0. The quantitative estimate of drug-likeness (QED) is 0.388. The summed E-state index contributed by atoms with van der Waals surface area (Å²) in [5.41, 5.74) is -1.10. The number of aliphatic hydroxyl groups is 2. The summed E-state index contributed by atoms with van der Waals surface area (Å²) in [5.74, 6) is -1.62. The zero-order valence-electron chi connectivity index (χ0n) is 23.1. The van der Waals surface area contributed by atoms with E-state index in [9.17, 15) is 28.2 Å². The highest BCUT2D eigenvalue weighted by Crippen LogP contribution is 2.68. The van der Waals surface area contributed by atoms with Crippen LogP contribution in [-0.4, -0.2) is 55.8 Å². The first kappa shape index (κ1) is 29.2. The van der Waals surface area contributed by atoms with Crippen molar-refractivity contribution in [1.29, 1.82) is 0 Å². The molecule has 0 saturated heterocycles. The lowest BCUT2D eigenvalue weighted by molar-refractivity contribution is -0.219. The molecule has 3 aliphatic carbocycles. The van der Waals surface area contributed by atoms with Crippen LogP contribution in [0.25, 0.3) is 0 Å². The predicted octanol–water partition coefficient (Wildman–Crippen LogP) is 3.80. The van der Waals surface area contributed by atoms with Gasteiger partial charge in [0, 0.05) is 30.3 Å². The molecule has 1 aromatic rings. The largest absolute Gasteiger partial charge is 0.460 e. The van der Waals surface area contributed by atoms with Gasteiger partial charge < -0.3 is 14.9 Å². The summed E-state index contributed by atoms with van der Waals surface area (Å²) >= 11 is 0. The third kappa shape index (κ3) is 4.63. The summed E-state index contributed by atoms with van der Waals surface area (Å²) in [6.45, 7) is 8.83. The van der Waals surface area contributed by atoms with Crippen LogP contribution < -0.4 is 0 Å². The van der Waals surface area contributed by atoms with Crippen LogP contribution in [0.2, 0.25) is 0 Å². The summed E-state index contributed by atoms with van der Waals surface area (Å²) in [4.78, 5) is 26.6. The van der Waals surface area contributed by atoms with E-state index in [4.69, 9.17) is 8.92 Å². The van der Waals surface area contributed by atoms with Crippen molar-refractivity contribution >= 4 is 21.9 Å². The lowest BCUT2D eigenvalue weighted by atomic mass is 9.43. The van der Waals surface area contributed by atoms with Gasteiger partial charge in [-0.15, -0.1) is 0 Å². The van der Waals surface area contributed by atoms with Gasteiger partial charge in [-0.05, 0) is 67.9 Å². The van der Waals surface area contributed by atoms with E-state index in [1.165, 1.54) is 12.1 Å². The van der Waals surface area contributed by atoms with E-state index >= 15 is 0 Å². The minimum absolute atomic E-state index is 0.0355. The fraction of sp³-hybridized carbons (Fsp3) is 0.724. The highest BCUT2D eigenvalue weighted by molar-refractivity contribution is 7.86. The first-order valence-electron chi connectivity index (χ1n) is 13.7. The molecule has 9 heteroatoms. The number of benzene rings is 1. The van der Waals surface area contributed by atoms with Crippen LogP contribution in [0.15, 0.2) is 29.2 Å². The fourth-order valence-corrected chi connectivity index (χ4v) is 8.69. The van der Waals surface area contributed by atoms with Crippen LogP contribution in [0.1, 0.15) is 71.8 Å². The van der Waals surface area contributed by atoms with Crippen LogP contribution >= 0.6 is 0 Å². The van der Waals surface area contributed by atoms with Crippen molar-refractivity contribution in [3.63, 3.8) is 0 Å². The SMILES string of the molecule is CC[C@@]1(C)C[C@@H](OC(=O)COS(=O)(=O)c2ccc(C)cc2)[C@@]2(C)C3C(=O)CC[C@@]3(CC[C@H]2C)[C@H](CO)[C@@H]1O. The summed E-state index contributed by atoms with van der Waals surface area (Å²) < 4.78 is 36.4. The molecule has 8 atom stereocenters. The molecule has 3 saturated carbocycles. The predicted molar refractivity (Wildman–Crippen MR) is 140 cm³/mol. The highest BCUT2D eigenvalue weighted by atomic mass is 32.2. The van der Waals surface area contributed by atoms with Crippen molar-refractivity contribution in [1.82, 2.24) is 0 Å². The lowest BCUT2D eigenvalue weighted by Gasteiger charge is -2.62. The van der Waals surface area contributed by atoms with Crippen molar-refractivity contribution in [3.8, 4) is 0 Å². The maximum atomic E-state index is 13.5. The van der Waals surface area contributed by atoms with Gasteiger partial charge in [0.05, 0.1) is 11.0 Å². The summed E-state index contributed by atoms with van der Waals surface area (Å²) in [5, 5.41) is 22.2. The Kier molecular flexibility index (Phi) is 7.91. The second kappa shape index (κ2) is 10.3. The Morgan fingerprint density at radius 3 is 2.42 bits per heavy atom. The van der Waals surface area contributed by atoms with Crippen LogP contribution in [0.4, 0.5) is 0 Å². The van der Waals surface area contributed by atoms with Gasteiger partial charge in [0.2, 0.25) is 0 Å². The third-order valence-corrected chi connectivity index (χ3v) is 11.8. The number of aliphatic hydroxyl groups excluding tert-OH is 2. The van der Waals surface area contributed by atoms with Gasteiger partial charge in [-0.25, -0.2) is 4.79 Å². The highest BCUT2D eigenvalue weighted by Gasteiger charge is 2.69. The van der Waals surface area contributed by atoms with E-state index in [-0.39, 0.29) is 29.6 Å². The van der Waals surface area contributed by atoms with Gasteiger partial charge in [0.1, 0.15) is 11.9 Å². The molecule has 2 N–H and O–H groups in total. The molecule has 1 unspecified atom stereocenters. The molecule has 8 nitrogen and oxygen atoms in total. The van der Waals surface area contributed by atoms with Crippen LogP contribution in [-0.2, 0) is 28.6 Å². The van der Waals surface area contributed by atoms with Gasteiger partial charge in [-0.2, -0.15) is 8.42 Å².